The van der Waals surface area contributed by atoms with Crippen molar-refractivity contribution in [1.29, 1.82) is 0 Å². The molecule has 110 valence electrons. The maximum absolute atomic E-state index is 11.8. The Hall–Kier alpha value is -1.20. The van der Waals surface area contributed by atoms with Gasteiger partial charge in [-0.05, 0) is 18.1 Å². The number of carboxylic acids is 1. The van der Waals surface area contributed by atoms with E-state index >= 15 is 0 Å². The summed E-state index contributed by atoms with van der Waals surface area (Å²) in [7, 11) is 0. The molecule has 1 aromatic rings. The molecule has 2 atom stereocenters. The minimum Gasteiger partial charge on any atom is -0.480 e. The van der Waals surface area contributed by atoms with Gasteiger partial charge in [0.15, 0.2) is 0 Å². The Bertz CT molecular complexity index is 481. The lowest BCUT2D eigenvalue weighted by Gasteiger charge is -2.20. The van der Waals surface area contributed by atoms with E-state index < -0.39 is 12.0 Å². The minimum absolute atomic E-state index is 0.109. The molecule has 4 nitrogen and oxygen atoms in total. The average Bonchev–Trinajstić information content (AvgIpc) is 2.42. The lowest BCUT2D eigenvalue weighted by Crippen LogP contribution is -2.45. The summed E-state index contributed by atoms with van der Waals surface area (Å²) in [6, 6.07) is 6.38. The lowest BCUT2D eigenvalue weighted by atomic mass is 9.99. The van der Waals surface area contributed by atoms with Crippen LogP contribution in [0.1, 0.15) is 20.3 Å². The number of carboxylic acid groups (broad SMARTS) is 1. The first-order valence-corrected chi connectivity index (χ1v) is 7.71. The van der Waals surface area contributed by atoms with Gasteiger partial charge in [0.05, 0.1) is 10.8 Å². The van der Waals surface area contributed by atoms with Crippen LogP contribution in [-0.2, 0) is 9.59 Å². The fraction of sp³-hybridized carbons (Fsp3) is 0.429. The highest BCUT2D eigenvalue weighted by atomic mass is 35.5. The van der Waals surface area contributed by atoms with Gasteiger partial charge in [-0.25, -0.2) is 4.79 Å². The first kappa shape index (κ1) is 16.9. The second kappa shape index (κ2) is 8.17. The Labute approximate surface area is 127 Å². The van der Waals surface area contributed by atoms with Crippen molar-refractivity contribution in [2.75, 3.05) is 5.75 Å². The van der Waals surface area contributed by atoms with Gasteiger partial charge in [-0.3, -0.25) is 4.79 Å². The predicted molar refractivity (Wildman–Crippen MR) is 81.2 cm³/mol. The van der Waals surface area contributed by atoms with Crippen LogP contribution in [0.2, 0.25) is 5.02 Å². The number of rotatable bonds is 7. The van der Waals surface area contributed by atoms with Gasteiger partial charge in [-0.15, -0.1) is 11.8 Å². The number of benzene rings is 1. The van der Waals surface area contributed by atoms with E-state index in [9.17, 15) is 9.59 Å². The van der Waals surface area contributed by atoms with Crippen molar-refractivity contribution in [3.63, 3.8) is 0 Å². The average molecular weight is 316 g/mol. The Morgan fingerprint density at radius 1 is 1.40 bits per heavy atom. The summed E-state index contributed by atoms with van der Waals surface area (Å²) in [5.74, 6) is -1.27. The first-order valence-electron chi connectivity index (χ1n) is 6.35. The van der Waals surface area contributed by atoms with Gasteiger partial charge in [0.2, 0.25) is 5.91 Å². The summed E-state index contributed by atoms with van der Waals surface area (Å²) >= 11 is 7.28. The predicted octanol–water partition coefficient (Wildman–Crippen LogP) is 3.05. The minimum atomic E-state index is -1.00. The Kier molecular flexibility index (Phi) is 6.88. The van der Waals surface area contributed by atoms with Gasteiger partial charge < -0.3 is 10.4 Å². The van der Waals surface area contributed by atoms with Gasteiger partial charge in [0.25, 0.3) is 0 Å². The van der Waals surface area contributed by atoms with Crippen molar-refractivity contribution in [3.05, 3.63) is 29.3 Å². The Balaban J connectivity index is 2.55. The Morgan fingerprint density at radius 2 is 2.05 bits per heavy atom. The van der Waals surface area contributed by atoms with Crippen LogP contribution in [0.5, 0.6) is 0 Å². The van der Waals surface area contributed by atoms with Gasteiger partial charge in [-0.1, -0.05) is 44.0 Å². The summed E-state index contributed by atoms with van der Waals surface area (Å²) in [5, 5.41) is 12.3. The molecule has 1 amide bonds. The molecule has 0 spiro atoms. The quantitative estimate of drug-likeness (QED) is 0.759. The van der Waals surface area contributed by atoms with Gasteiger partial charge >= 0.3 is 5.97 Å². The molecule has 0 aliphatic heterocycles. The number of halogens is 1. The Morgan fingerprint density at radius 3 is 2.60 bits per heavy atom. The highest BCUT2D eigenvalue weighted by molar-refractivity contribution is 8.00. The zero-order valence-electron chi connectivity index (χ0n) is 11.4. The third-order valence-corrected chi connectivity index (χ3v) is 4.51. The van der Waals surface area contributed by atoms with E-state index in [1.807, 2.05) is 25.1 Å². The van der Waals surface area contributed by atoms with Crippen LogP contribution in [0.15, 0.2) is 29.2 Å². The molecular formula is C14H18ClNO3S. The van der Waals surface area contributed by atoms with Crippen LogP contribution in [-0.4, -0.2) is 28.8 Å². The van der Waals surface area contributed by atoms with Crippen LogP contribution >= 0.6 is 23.4 Å². The maximum Gasteiger partial charge on any atom is 0.326 e. The fourth-order valence-corrected chi connectivity index (χ4v) is 2.65. The van der Waals surface area contributed by atoms with E-state index in [1.165, 1.54) is 11.8 Å². The number of hydrogen-bond donors (Lipinski definition) is 2. The molecule has 0 fully saturated rings. The SMILES string of the molecule is CC[C@H](C)[C@H](NC(=O)CSc1ccccc1Cl)C(=O)O. The molecule has 0 saturated heterocycles. The second-order valence-corrected chi connectivity index (χ2v) is 5.91. The molecule has 0 aliphatic carbocycles. The maximum atomic E-state index is 11.8. The summed E-state index contributed by atoms with van der Waals surface area (Å²) in [6.45, 7) is 3.70. The standard InChI is InChI=1S/C14H18ClNO3S/c1-3-9(2)13(14(18)19)16-12(17)8-20-11-7-5-4-6-10(11)15/h4-7,9,13H,3,8H2,1-2H3,(H,16,17)(H,18,19)/t9-,13-/m0/s1. The van der Waals surface area contributed by atoms with Crippen molar-refractivity contribution >= 4 is 35.2 Å². The zero-order valence-corrected chi connectivity index (χ0v) is 13.0. The molecule has 1 aromatic carbocycles. The van der Waals surface area contributed by atoms with E-state index in [4.69, 9.17) is 16.7 Å². The topological polar surface area (TPSA) is 66.4 Å². The fourth-order valence-electron chi connectivity index (χ4n) is 1.60. The van der Waals surface area contributed by atoms with Gasteiger partial charge in [0, 0.05) is 4.90 Å². The molecule has 20 heavy (non-hydrogen) atoms. The lowest BCUT2D eigenvalue weighted by molar-refractivity contribution is -0.143. The molecule has 0 heterocycles. The third-order valence-electron chi connectivity index (χ3n) is 2.99. The van der Waals surface area contributed by atoms with Gasteiger partial charge in [-0.2, -0.15) is 0 Å². The van der Waals surface area contributed by atoms with E-state index in [2.05, 4.69) is 5.32 Å². The van der Waals surface area contributed by atoms with Crippen molar-refractivity contribution in [3.8, 4) is 0 Å². The molecule has 0 aromatic heterocycles. The van der Waals surface area contributed by atoms with E-state index in [0.29, 0.717) is 11.4 Å². The van der Waals surface area contributed by atoms with Crippen LogP contribution in [0.4, 0.5) is 0 Å². The molecular weight excluding hydrogens is 298 g/mol. The molecule has 0 bridgehead atoms. The normalized spacial score (nSPS) is 13.6. The molecule has 0 saturated carbocycles. The number of carbonyl (C=O) groups excluding carboxylic acids is 1. The number of aliphatic carboxylic acids is 1. The molecule has 6 heteroatoms. The van der Waals surface area contributed by atoms with E-state index in [0.717, 1.165) is 4.90 Å². The largest absolute Gasteiger partial charge is 0.480 e. The van der Waals surface area contributed by atoms with Crippen LogP contribution in [0.25, 0.3) is 0 Å². The summed E-state index contributed by atoms with van der Waals surface area (Å²) in [6.07, 6.45) is 0.689. The first-order chi connectivity index (χ1) is 9.45. The number of amides is 1. The third kappa shape index (κ3) is 5.06. The molecule has 0 radical (unpaired) electrons. The van der Waals surface area contributed by atoms with Crippen molar-refractivity contribution < 1.29 is 14.7 Å². The number of hydrogen-bond acceptors (Lipinski definition) is 3. The van der Waals surface area contributed by atoms with Gasteiger partial charge in [0.1, 0.15) is 6.04 Å². The summed E-state index contributed by atoms with van der Waals surface area (Å²) in [4.78, 5) is 23.8. The highest BCUT2D eigenvalue weighted by Gasteiger charge is 2.25. The number of carbonyl (C=O) groups is 2. The molecule has 1 rings (SSSR count). The second-order valence-electron chi connectivity index (χ2n) is 4.49. The van der Waals surface area contributed by atoms with E-state index in [1.54, 1.807) is 13.0 Å². The smallest absolute Gasteiger partial charge is 0.326 e. The molecule has 2 N–H and O–H groups in total. The van der Waals surface area contributed by atoms with E-state index in [-0.39, 0.29) is 17.6 Å². The van der Waals surface area contributed by atoms with Crippen LogP contribution in [0, 0.1) is 5.92 Å². The molecule has 0 unspecified atom stereocenters. The van der Waals surface area contributed by atoms with Crippen LogP contribution in [0.3, 0.4) is 0 Å². The van der Waals surface area contributed by atoms with Crippen molar-refractivity contribution in [2.45, 2.75) is 31.2 Å². The zero-order chi connectivity index (χ0) is 15.1. The number of thioether (sulfide) groups is 1. The van der Waals surface area contributed by atoms with Crippen molar-refractivity contribution in [1.82, 2.24) is 5.32 Å². The molecule has 0 aliphatic rings. The summed E-state index contributed by atoms with van der Waals surface area (Å²) in [5.41, 5.74) is 0. The monoisotopic (exact) mass is 315 g/mol. The summed E-state index contributed by atoms with van der Waals surface area (Å²) < 4.78 is 0. The number of nitrogens with one attached hydrogen (secondary N) is 1. The highest BCUT2D eigenvalue weighted by Crippen LogP contribution is 2.26. The van der Waals surface area contributed by atoms with Crippen molar-refractivity contribution in [2.24, 2.45) is 5.92 Å². The van der Waals surface area contributed by atoms with Crippen LogP contribution < -0.4 is 5.32 Å².